The molecule has 0 aliphatic rings. The molecule has 0 aromatic heterocycles. The molecule has 0 unspecified atom stereocenters. The first-order chi connectivity index (χ1) is 9.88. The molecule has 0 aliphatic carbocycles. The highest BCUT2D eigenvalue weighted by atomic mass is 79.9. The second-order valence-corrected chi connectivity index (χ2v) is 5.14. The van der Waals surface area contributed by atoms with Crippen molar-refractivity contribution in [3.05, 3.63) is 34.3 Å². The first-order valence-electron chi connectivity index (χ1n) is 5.98. The zero-order valence-corrected chi connectivity index (χ0v) is 12.7. The number of carbonyl (C=O) groups excluding carboxylic acids is 2. The molecule has 114 valence electrons. The number of primary amides is 1. The summed E-state index contributed by atoms with van der Waals surface area (Å²) in [6, 6.07) is 7.21. The van der Waals surface area contributed by atoms with E-state index >= 15 is 0 Å². The number of hydrogen-bond donors (Lipinski definition) is 2. The lowest BCUT2D eigenvalue weighted by molar-refractivity contribution is -0.147. The molecular formula is C13H15BrN2O5. The van der Waals surface area contributed by atoms with Crippen LogP contribution in [0.25, 0.3) is 0 Å². The Morgan fingerprint density at radius 2 is 1.81 bits per heavy atom. The molecule has 0 heterocycles. The van der Waals surface area contributed by atoms with Crippen LogP contribution in [0.2, 0.25) is 0 Å². The third-order valence-corrected chi connectivity index (χ3v) is 2.97. The van der Waals surface area contributed by atoms with Crippen molar-refractivity contribution < 1.29 is 24.2 Å². The summed E-state index contributed by atoms with van der Waals surface area (Å²) in [5, 5.41) is 8.44. The van der Waals surface area contributed by atoms with Crippen LogP contribution in [0.4, 0.5) is 0 Å². The van der Waals surface area contributed by atoms with Crippen LogP contribution in [0.3, 0.4) is 0 Å². The van der Waals surface area contributed by atoms with Gasteiger partial charge in [0.2, 0.25) is 11.8 Å². The van der Waals surface area contributed by atoms with Gasteiger partial charge < -0.3 is 20.5 Å². The smallest absolute Gasteiger partial charge is 0.329 e. The Morgan fingerprint density at radius 3 is 2.33 bits per heavy atom. The van der Waals surface area contributed by atoms with E-state index < -0.39 is 31.0 Å². The van der Waals surface area contributed by atoms with Gasteiger partial charge in [-0.2, -0.15) is 0 Å². The van der Waals surface area contributed by atoms with Crippen molar-refractivity contribution in [2.75, 3.05) is 19.8 Å². The number of ether oxygens (including phenoxy) is 1. The molecule has 0 radical (unpaired) electrons. The summed E-state index contributed by atoms with van der Waals surface area (Å²) in [7, 11) is 0. The van der Waals surface area contributed by atoms with Crippen molar-refractivity contribution in [3.8, 4) is 0 Å². The van der Waals surface area contributed by atoms with Crippen LogP contribution < -0.4 is 5.73 Å². The normalized spacial score (nSPS) is 10.1. The Kier molecular flexibility index (Phi) is 6.83. The van der Waals surface area contributed by atoms with E-state index in [-0.39, 0.29) is 13.1 Å². The van der Waals surface area contributed by atoms with Crippen LogP contribution in [0.15, 0.2) is 28.7 Å². The zero-order chi connectivity index (χ0) is 15.8. The second kappa shape index (κ2) is 8.38. The van der Waals surface area contributed by atoms with Gasteiger partial charge in [-0.1, -0.05) is 28.1 Å². The number of hydrogen-bond acceptors (Lipinski definition) is 4. The van der Waals surface area contributed by atoms with E-state index in [9.17, 15) is 14.4 Å². The van der Waals surface area contributed by atoms with Crippen LogP contribution in [0.1, 0.15) is 5.56 Å². The molecule has 0 aliphatic heterocycles. The molecule has 0 saturated heterocycles. The fraction of sp³-hybridized carbons (Fsp3) is 0.308. The summed E-state index contributed by atoms with van der Waals surface area (Å²) in [6.07, 6.45) is 0. The SMILES string of the molecule is NC(=O)CN(Cc1ccc(Br)cc1)C(=O)COCC(=O)O. The number of nitrogens with zero attached hydrogens (tertiary/aromatic N) is 1. The lowest BCUT2D eigenvalue weighted by Crippen LogP contribution is -2.40. The minimum absolute atomic E-state index is 0.186. The van der Waals surface area contributed by atoms with E-state index in [0.29, 0.717) is 0 Å². The average molecular weight is 359 g/mol. The molecule has 0 atom stereocenters. The Bertz CT molecular complexity index is 518. The van der Waals surface area contributed by atoms with Crippen molar-refractivity contribution in [1.82, 2.24) is 4.90 Å². The minimum Gasteiger partial charge on any atom is -0.480 e. The fourth-order valence-corrected chi connectivity index (χ4v) is 1.81. The summed E-state index contributed by atoms with van der Waals surface area (Å²) in [4.78, 5) is 34.5. The topological polar surface area (TPSA) is 110 Å². The van der Waals surface area contributed by atoms with Gasteiger partial charge in [-0.25, -0.2) is 4.79 Å². The monoisotopic (exact) mass is 358 g/mol. The number of rotatable bonds is 8. The first kappa shape index (κ1) is 17.1. The van der Waals surface area contributed by atoms with Crippen LogP contribution in [0, 0.1) is 0 Å². The molecule has 0 saturated carbocycles. The molecule has 1 rings (SSSR count). The van der Waals surface area contributed by atoms with Gasteiger partial charge >= 0.3 is 5.97 Å². The van der Waals surface area contributed by atoms with Crippen molar-refractivity contribution in [3.63, 3.8) is 0 Å². The number of carbonyl (C=O) groups is 3. The van der Waals surface area contributed by atoms with Crippen molar-refractivity contribution in [2.45, 2.75) is 6.54 Å². The Morgan fingerprint density at radius 1 is 1.19 bits per heavy atom. The zero-order valence-electron chi connectivity index (χ0n) is 11.1. The number of halogens is 1. The third-order valence-electron chi connectivity index (χ3n) is 2.44. The van der Waals surface area contributed by atoms with Gasteiger partial charge in [0, 0.05) is 11.0 Å². The van der Waals surface area contributed by atoms with Gasteiger partial charge in [0.05, 0.1) is 6.54 Å². The maximum atomic E-state index is 11.9. The maximum Gasteiger partial charge on any atom is 0.329 e. The summed E-state index contributed by atoms with van der Waals surface area (Å²) in [5.74, 6) is -2.33. The summed E-state index contributed by atoms with van der Waals surface area (Å²) < 4.78 is 5.62. The molecule has 0 fully saturated rings. The van der Waals surface area contributed by atoms with E-state index in [1.54, 1.807) is 12.1 Å². The number of nitrogens with two attached hydrogens (primary N) is 1. The molecule has 7 nitrogen and oxygen atoms in total. The molecule has 0 bridgehead atoms. The van der Waals surface area contributed by atoms with E-state index in [2.05, 4.69) is 15.9 Å². The van der Waals surface area contributed by atoms with Gasteiger partial charge in [0.15, 0.2) is 0 Å². The van der Waals surface area contributed by atoms with Gasteiger partial charge in [-0.15, -0.1) is 0 Å². The summed E-state index contributed by atoms with van der Waals surface area (Å²) >= 11 is 3.30. The number of amides is 2. The van der Waals surface area contributed by atoms with Crippen molar-refractivity contribution in [2.24, 2.45) is 5.73 Å². The van der Waals surface area contributed by atoms with E-state index in [4.69, 9.17) is 15.6 Å². The van der Waals surface area contributed by atoms with Gasteiger partial charge in [-0.05, 0) is 17.7 Å². The van der Waals surface area contributed by atoms with Crippen LogP contribution in [-0.4, -0.2) is 47.5 Å². The van der Waals surface area contributed by atoms with E-state index in [0.717, 1.165) is 10.0 Å². The molecule has 1 aromatic carbocycles. The largest absolute Gasteiger partial charge is 0.480 e. The summed E-state index contributed by atoms with van der Waals surface area (Å²) in [6.45, 7) is -1.07. The number of carboxylic acid groups (broad SMARTS) is 1. The molecule has 2 amide bonds. The van der Waals surface area contributed by atoms with Crippen LogP contribution >= 0.6 is 15.9 Å². The molecule has 3 N–H and O–H groups in total. The lowest BCUT2D eigenvalue weighted by atomic mass is 10.2. The fourth-order valence-electron chi connectivity index (χ4n) is 1.55. The van der Waals surface area contributed by atoms with Crippen LogP contribution in [-0.2, 0) is 25.7 Å². The molecular weight excluding hydrogens is 344 g/mol. The predicted octanol–water partition coefficient (Wildman–Crippen LogP) is 0.364. The Hall–Kier alpha value is -1.93. The Balaban J connectivity index is 2.65. The first-order valence-corrected chi connectivity index (χ1v) is 6.78. The highest BCUT2D eigenvalue weighted by Gasteiger charge is 2.17. The molecule has 0 spiro atoms. The van der Waals surface area contributed by atoms with Crippen molar-refractivity contribution in [1.29, 1.82) is 0 Å². The average Bonchev–Trinajstić information content (AvgIpc) is 2.39. The third kappa shape index (κ3) is 6.87. The number of benzene rings is 1. The van der Waals surface area contributed by atoms with Gasteiger partial charge in [0.1, 0.15) is 13.2 Å². The molecule has 1 aromatic rings. The minimum atomic E-state index is -1.17. The van der Waals surface area contributed by atoms with Crippen molar-refractivity contribution >= 4 is 33.7 Å². The van der Waals surface area contributed by atoms with E-state index in [1.807, 2.05) is 12.1 Å². The maximum absolute atomic E-state index is 11.9. The standard InChI is InChI=1S/C13H15BrN2O5/c14-10-3-1-9(2-4-10)5-16(6-11(15)17)12(18)7-21-8-13(19)20/h1-4H,5-8H2,(H2,15,17)(H,19,20). The lowest BCUT2D eigenvalue weighted by Gasteiger charge is -2.21. The number of carboxylic acids is 1. The molecule has 8 heteroatoms. The van der Waals surface area contributed by atoms with Crippen LogP contribution in [0.5, 0.6) is 0 Å². The summed E-state index contributed by atoms with van der Waals surface area (Å²) in [5.41, 5.74) is 5.92. The van der Waals surface area contributed by atoms with E-state index in [1.165, 1.54) is 4.90 Å². The Labute approximate surface area is 129 Å². The molecule has 21 heavy (non-hydrogen) atoms. The van der Waals surface area contributed by atoms with Gasteiger partial charge in [0.25, 0.3) is 0 Å². The quantitative estimate of drug-likeness (QED) is 0.697. The van der Waals surface area contributed by atoms with Gasteiger partial charge in [-0.3, -0.25) is 9.59 Å². The highest BCUT2D eigenvalue weighted by Crippen LogP contribution is 2.12. The second-order valence-electron chi connectivity index (χ2n) is 4.23. The predicted molar refractivity (Wildman–Crippen MR) is 77.2 cm³/mol. The highest BCUT2D eigenvalue weighted by molar-refractivity contribution is 9.10. The number of aliphatic carboxylic acids is 1.